The molecular weight excluding hydrogens is 306 g/mol. The van der Waals surface area contributed by atoms with Crippen LogP contribution in [-0.4, -0.2) is 55.0 Å². The number of benzene rings is 1. The molecule has 1 aromatic rings. The average molecular weight is 324 g/mol. The van der Waals surface area contributed by atoms with E-state index in [1.165, 1.54) is 0 Å². The van der Waals surface area contributed by atoms with Crippen molar-refractivity contribution in [3.05, 3.63) is 34.3 Å². The van der Waals surface area contributed by atoms with Gasteiger partial charge in [0.15, 0.2) is 0 Å². The number of nitrogens with one attached hydrogen (secondary N) is 1. The topological polar surface area (TPSA) is 35.6 Å². The molecule has 102 valence electrons. The highest BCUT2D eigenvalue weighted by atomic mass is 79.9. The van der Waals surface area contributed by atoms with E-state index in [2.05, 4.69) is 26.1 Å². The maximum Gasteiger partial charge on any atom is 0.244 e. The predicted octanol–water partition coefficient (Wildman–Crippen LogP) is 1.24. The van der Waals surface area contributed by atoms with Crippen molar-refractivity contribution in [3.8, 4) is 0 Å². The third kappa shape index (κ3) is 2.42. The fourth-order valence-electron chi connectivity index (χ4n) is 3.02. The molecular formula is C14H18BrN3O. The van der Waals surface area contributed by atoms with E-state index in [1.54, 1.807) is 0 Å². The van der Waals surface area contributed by atoms with Crippen molar-refractivity contribution in [2.75, 3.05) is 33.2 Å². The lowest BCUT2D eigenvalue weighted by Crippen LogP contribution is -2.63. The Morgan fingerprint density at radius 3 is 2.79 bits per heavy atom. The van der Waals surface area contributed by atoms with Gasteiger partial charge in [-0.05, 0) is 17.7 Å². The van der Waals surface area contributed by atoms with E-state index in [-0.39, 0.29) is 11.9 Å². The molecule has 2 aliphatic heterocycles. The highest BCUT2D eigenvalue weighted by Gasteiger charge is 2.40. The molecule has 1 amide bonds. The van der Waals surface area contributed by atoms with Crippen molar-refractivity contribution in [3.63, 3.8) is 0 Å². The smallest absolute Gasteiger partial charge is 0.244 e. The van der Waals surface area contributed by atoms with Crippen molar-refractivity contribution >= 4 is 21.8 Å². The number of hydrogen-bond acceptors (Lipinski definition) is 3. The molecule has 2 aliphatic rings. The summed E-state index contributed by atoms with van der Waals surface area (Å²) in [4.78, 5) is 16.7. The first-order chi connectivity index (χ1) is 9.16. The van der Waals surface area contributed by atoms with Crippen molar-refractivity contribution in [1.82, 2.24) is 15.1 Å². The summed E-state index contributed by atoms with van der Waals surface area (Å²) in [6.45, 7) is 3.68. The number of fused-ring (bicyclic) bond motifs is 1. The second kappa shape index (κ2) is 5.23. The molecule has 0 saturated carbocycles. The quantitative estimate of drug-likeness (QED) is 0.844. The zero-order valence-electron chi connectivity index (χ0n) is 11.0. The summed E-state index contributed by atoms with van der Waals surface area (Å²) in [5.41, 5.74) is 1.09. The summed E-state index contributed by atoms with van der Waals surface area (Å²) in [6, 6.07) is 8.41. The van der Waals surface area contributed by atoms with E-state index in [9.17, 15) is 4.79 Å². The van der Waals surface area contributed by atoms with Crippen LogP contribution in [0.2, 0.25) is 0 Å². The highest BCUT2D eigenvalue weighted by molar-refractivity contribution is 9.10. The number of nitrogens with zero attached hydrogens (tertiary/aromatic N) is 2. The number of rotatable bonds is 1. The van der Waals surface area contributed by atoms with E-state index in [0.29, 0.717) is 6.04 Å². The van der Waals surface area contributed by atoms with Gasteiger partial charge in [0.1, 0.15) is 6.04 Å². The van der Waals surface area contributed by atoms with Gasteiger partial charge < -0.3 is 10.2 Å². The number of piperazine rings is 2. The van der Waals surface area contributed by atoms with Crippen LogP contribution in [0, 0.1) is 0 Å². The van der Waals surface area contributed by atoms with E-state index in [0.717, 1.165) is 36.2 Å². The number of amides is 1. The Morgan fingerprint density at radius 2 is 2.05 bits per heavy atom. The standard InChI is InChI=1S/C14H18BrN3O/c1-17-9-12-8-16-6-7-18(12)13(14(17)19)10-2-4-11(15)5-3-10/h2-5,12-13,16H,6-9H2,1H3. The number of hydrogen-bond donors (Lipinski definition) is 1. The van der Waals surface area contributed by atoms with Crippen LogP contribution in [-0.2, 0) is 4.79 Å². The molecule has 2 saturated heterocycles. The molecule has 5 heteroatoms. The number of carbonyl (C=O) groups excluding carboxylic acids is 1. The van der Waals surface area contributed by atoms with Crippen molar-refractivity contribution in [1.29, 1.82) is 0 Å². The molecule has 2 heterocycles. The normalized spacial score (nSPS) is 28.3. The van der Waals surface area contributed by atoms with Crippen LogP contribution in [0.1, 0.15) is 11.6 Å². The van der Waals surface area contributed by atoms with Crippen LogP contribution in [0.25, 0.3) is 0 Å². The maximum atomic E-state index is 12.5. The van der Waals surface area contributed by atoms with Gasteiger partial charge in [-0.15, -0.1) is 0 Å². The van der Waals surface area contributed by atoms with E-state index < -0.39 is 0 Å². The summed E-state index contributed by atoms with van der Waals surface area (Å²) in [5.74, 6) is 0.209. The molecule has 1 aromatic carbocycles. The SMILES string of the molecule is CN1CC2CNCCN2C(c2ccc(Br)cc2)C1=O. The van der Waals surface area contributed by atoms with Crippen molar-refractivity contribution in [2.24, 2.45) is 0 Å². The lowest BCUT2D eigenvalue weighted by molar-refractivity contribution is -0.144. The zero-order chi connectivity index (χ0) is 13.4. The first kappa shape index (κ1) is 13.1. The second-order valence-electron chi connectivity index (χ2n) is 5.27. The molecule has 0 aliphatic carbocycles. The summed E-state index contributed by atoms with van der Waals surface area (Å²) in [5, 5.41) is 3.41. The second-order valence-corrected chi connectivity index (χ2v) is 6.18. The summed E-state index contributed by atoms with van der Waals surface area (Å²) < 4.78 is 1.05. The molecule has 3 rings (SSSR count). The molecule has 2 fully saturated rings. The Kier molecular flexibility index (Phi) is 3.60. The van der Waals surface area contributed by atoms with Gasteiger partial charge in [-0.25, -0.2) is 0 Å². The number of carbonyl (C=O) groups is 1. The number of likely N-dealkylation sites (N-methyl/N-ethyl adjacent to an activating group) is 1. The Balaban J connectivity index is 1.94. The molecule has 4 nitrogen and oxygen atoms in total. The lowest BCUT2D eigenvalue weighted by atomic mass is 9.97. The molecule has 2 unspecified atom stereocenters. The maximum absolute atomic E-state index is 12.5. The van der Waals surface area contributed by atoms with Crippen molar-refractivity contribution < 1.29 is 4.79 Å². The minimum atomic E-state index is -0.126. The fraction of sp³-hybridized carbons (Fsp3) is 0.500. The molecule has 1 N–H and O–H groups in total. The van der Waals surface area contributed by atoms with Crippen LogP contribution < -0.4 is 5.32 Å². The molecule has 0 spiro atoms. The first-order valence-corrected chi connectivity index (χ1v) is 7.43. The monoisotopic (exact) mass is 323 g/mol. The first-order valence-electron chi connectivity index (χ1n) is 6.64. The third-order valence-electron chi connectivity index (χ3n) is 4.01. The van der Waals surface area contributed by atoms with Gasteiger partial charge in [-0.1, -0.05) is 28.1 Å². The third-order valence-corrected chi connectivity index (χ3v) is 4.54. The van der Waals surface area contributed by atoms with E-state index in [4.69, 9.17) is 0 Å². The summed E-state index contributed by atoms with van der Waals surface area (Å²) in [6.07, 6.45) is 0. The molecule has 0 aromatic heterocycles. The van der Waals surface area contributed by atoms with Crippen LogP contribution in [0.5, 0.6) is 0 Å². The van der Waals surface area contributed by atoms with Gasteiger partial charge in [0.05, 0.1) is 0 Å². The molecule has 0 bridgehead atoms. The Labute approximate surface area is 121 Å². The lowest BCUT2D eigenvalue weighted by Gasteiger charge is -2.47. The summed E-state index contributed by atoms with van der Waals surface area (Å²) >= 11 is 3.45. The molecule has 0 radical (unpaired) electrons. The Bertz CT molecular complexity index is 476. The summed E-state index contributed by atoms with van der Waals surface area (Å²) in [7, 11) is 1.90. The van der Waals surface area contributed by atoms with Gasteiger partial charge in [-0.3, -0.25) is 9.69 Å². The fourth-order valence-corrected chi connectivity index (χ4v) is 3.29. The van der Waals surface area contributed by atoms with E-state index >= 15 is 0 Å². The zero-order valence-corrected chi connectivity index (χ0v) is 12.6. The predicted molar refractivity (Wildman–Crippen MR) is 77.9 cm³/mol. The minimum absolute atomic E-state index is 0.126. The largest absolute Gasteiger partial charge is 0.342 e. The minimum Gasteiger partial charge on any atom is -0.342 e. The average Bonchev–Trinajstić information content (AvgIpc) is 2.42. The van der Waals surface area contributed by atoms with Crippen LogP contribution in [0.4, 0.5) is 0 Å². The van der Waals surface area contributed by atoms with Gasteiger partial charge in [-0.2, -0.15) is 0 Å². The Hall–Kier alpha value is -0.910. The van der Waals surface area contributed by atoms with E-state index in [1.807, 2.05) is 36.2 Å². The molecule has 2 atom stereocenters. The van der Waals surface area contributed by atoms with Crippen LogP contribution in [0.15, 0.2) is 28.7 Å². The highest BCUT2D eigenvalue weighted by Crippen LogP contribution is 2.30. The van der Waals surface area contributed by atoms with Gasteiger partial charge in [0.2, 0.25) is 5.91 Å². The van der Waals surface area contributed by atoms with Gasteiger partial charge >= 0.3 is 0 Å². The molecule has 19 heavy (non-hydrogen) atoms. The van der Waals surface area contributed by atoms with Crippen LogP contribution in [0.3, 0.4) is 0 Å². The number of halogens is 1. The van der Waals surface area contributed by atoms with Crippen LogP contribution >= 0.6 is 15.9 Å². The van der Waals surface area contributed by atoms with Crippen molar-refractivity contribution in [2.45, 2.75) is 12.1 Å². The van der Waals surface area contributed by atoms with Gasteiger partial charge in [0.25, 0.3) is 0 Å². The Morgan fingerprint density at radius 1 is 1.32 bits per heavy atom. The van der Waals surface area contributed by atoms with Gasteiger partial charge in [0, 0.05) is 43.7 Å².